The van der Waals surface area contributed by atoms with E-state index >= 15 is 0 Å². The van der Waals surface area contributed by atoms with E-state index in [2.05, 4.69) is 10.3 Å². The third-order valence-corrected chi connectivity index (χ3v) is 5.29. The lowest BCUT2D eigenvalue weighted by molar-refractivity contribution is -0.120. The summed E-state index contributed by atoms with van der Waals surface area (Å²) < 4.78 is 0. The highest BCUT2D eigenvalue weighted by Crippen LogP contribution is 2.54. The summed E-state index contributed by atoms with van der Waals surface area (Å²) in [6, 6.07) is 7.63. The number of anilines is 2. The van der Waals surface area contributed by atoms with Gasteiger partial charge in [0.05, 0.1) is 5.69 Å². The quantitative estimate of drug-likeness (QED) is 0.854. The summed E-state index contributed by atoms with van der Waals surface area (Å²) in [6.07, 6.45) is 3.45. The van der Waals surface area contributed by atoms with Crippen LogP contribution in [0.4, 0.5) is 10.8 Å². The Morgan fingerprint density at radius 1 is 1.29 bits per heavy atom. The Kier molecular flexibility index (Phi) is 2.96. The van der Waals surface area contributed by atoms with E-state index in [9.17, 15) is 4.79 Å². The Hall–Kier alpha value is -1.88. The van der Waals surface area contributed by atoms with Gasteiger partial charge < -0.3 is 11.1 Å². The lowest BCUT2D eigenvalue weighted by Gasteiger charge is -2.10. The molecule has 4 nitrogen and oxygen atoms in total. The molecule has 0 aliphatic heterocycles. The van der Waals surface area contributed by atoms with Crippen molar-refractivity contribution in [3.05, 3.63) is 29.6 Å². The number of nitrogens with zero attached hydrogens (tertiary/aromatic N) is 1. The van der Waals surface area contributed by atoms with Crippen LogP contribution in [0, 0.1) is 17.8 Å². The fourth-order valence-electron chi connectivity index (χ4n) is 3.30. The van der Waals surface area contributed by atoms with E-state index in [0.29, 0.717) is 5.13 Å². The van der Waals surface area contributed by atoms with E-state index in [1.807, 2.05) is 29.6 Å². The van der Waals surface area contributed by atoms with Crippen molar-refractivity contribution in [2.45, 2.75) is 19.3 Å². The van der Waals surface area contributed by atoms with Gasteiger partial charge in [0.25, 0.3) is 0 Å². The highest BCUT2D eigenvalue weighted by molar-refractivity contribution is 7.14. The van der Waals surface area contributed by atoms with Gasteiger partial charge in [-0.2, -0.15) is 0 Å². The summed E-state index contributed by atoms with van der Waals surface area (Å²) in [4.78, 5) is 16.7. The van der Waals surface area contributed by atoms with Crippen molar-refractivity contribution in [3.63, 3.8) is 0 Å². The molecule has 1 amide bonds. The Balaban J connectivity index is 1.45. The molecule has 0 saturated heterocycles. The molecule has 1 heterocycles. The molecule has 4 rings (SSSR count). The largest absolute Gasteiger partial charge is 0.399 e. The number of rotatable bonds is 3. The highest BCUT2D eigenvalue weighted by atomic mass is 32.1. The van der Waals surface area contributed by atoms with Crippen LogP contribution in [0.15, 0.2) is 29.6 Å². The first kappa shape index (κ1) is 12.8. The average Bonchev–Trinajstić information content (AvgIpc) is 2.89. The van der Waals surface area contributed by atoms with Crippen LogP contribution in [0.5, 0.6) is 0 Å². The number of aromatic nitrogens is 1. The SMILES string of the molecule is Nc1cccc(-c2csc(NC(=O)C3CC4CC4C3)n2)c1. The minimum absolute atomic E-state index is 0.135. The molecule has 0 radical (unpaired) electrons. The normalized spacial score (nSPS) is 26.4. The van der Waals surface area contributed by atoms with Gasteiger partial charge in [0, 0.05) is 22.5 Å². The standard InChI is InChI=1S/C16H17N3OS/c17-13-3-1-2-9(7-13)14-8-21-16(18-14)19-15(20)12-5-10-4-11(10)6-12/h1-3,7-8,10-12H,4-6,17H2,(H,18,19,20). The minimum Gasteiger partial charge on any atom is -0.399 e. The summed E-state index contributed by atoms with van der Waals surface area (Å²) in [5, 5.41) is 5.60. The van der Waals surface area contributed by atoms with E-state index in [0.717, 1.165) is 41.6 Å². The number of hydrogen-bond acceptors (Lipinski definition) is 4. The second kappa shape index (κ2) is 4.84. The minimum atomic E-state index is 0.135. The number of fused-ring (bicyclic) bond motifs is 1. The molecule has 21 heavy (non-hydrogen) atoms. The molecular weight excluding hydrogens is 282 g/mol. The summed E-state index contributed by atoms with van der Waals surface area (Å²) in [7, 11) is 0. The van der Waals surface area contributed by atoms with Gasteiger partial charge in [-0.1, -0.05) is 12.1 Å². The Labute approximate surface area is 127 Å². The Morgan fingerprint density at radius 3 is 2.86 bits per heavy atom. The molecule has 2 unspecified atom stereocenters. The van der Waals surface area contributed by atoms with Crippen LogP contribution in [0.3, 0.4) is 0 Å². The summed E-state index contributed by atoms with van der Waals surface area (Å²) in [5.74, 6) is 1.96. The molecule has 2 aromatic rings. The summed E-state index contributed by atoms with van der Waals surface area (Å²) in [5.41, 5.74) is 8.35. The van der Waals surface area contributed by atoms with Crippen LogP contribution >= 0.6 is 11.3 Å². The van der Waals surface area contributed by atoms with Gasteiger partial charge in [-0.3, -0.25) is 4.79 Å². The van der Waals surface area contributed by atoms with E-state index in [1.54, 1.807) is 0 Å². The van der Waals surface area contributed by atoms with Gasteiger partial charge in [0.1, 0.15) is 0 Å². The fourth-order valence-corrected chi connectivity index (χ4v) is 4.02. The first-order valence-corrected chi connectivity index (χ1v) is 8.19. The van der Waals surface area contributed by atoms with Crippen molar-refractivity contribution >= 4 is 28.1 Å². The number of carbonyl (C=O) groups is 1. The maximum atomic E-state index is 12.2. The summed E-state index contributed by atoms with van der Waals surface area (Å²) >= 11 is 1.47. The third kappa shape index (κ3) is 2.53. The van der Waals surface area contributed by atoms with Crippen molar-refractivity contribution in [2.75, 3.05) is 11.1 Å². The molecule has 108 valence electrons. The molecule has 1 aromatic heterocycles. The number of amides is 1. The van der Waals surface area contributed by atoms with E-state index in [-0.39, 0.29) is 11.8 Å². The van der Waals surface area contributed by atoms with Crippen molar-refractivity contribution in [1.29, 1.82) is 0 Å². The molecule has 2 atom stereocenters. The van der Waals surface area contributed by atoms with Crippen LogP contribution in [0.25, 0.3) is 11.3 Å². The first-order valence-electron chi connectivity index (χ1n) is 7.31. The number of hydrogen-bond donors (Lipinski definition) is 2. The van der Waals surface area contributed by atoms with Gasteiger partial charge in [-0.25, -0.2) is 4.98 Å². The predicted octanol–water partition coefficient (Wildman–Crippen LogP) is 3.38. The maximum absolute atomic E-state index is 12.2. The van der Waals surface area contributed by atoms with Gasteiger partial charge in [-0.15, -0.1) is 11.3 Å². The maximum Gasteiger partial charge on any atom is 0.229 e. The predicted molar refractivity (Wildman–Crippen MR) is 84.9 cm³/mol. The van der Waals surface area contributed by atoms with Crippen molar-refractivity contribution in [3.8, 4) is 11.3 Å². The number of nitrogen functional groups attached to an aromatic ring is 1. The van der Waals surface area contributed by atoms with Crippen LogP contribution in [-0.2, 0) is 4.79 Å². The number of nitrogens with two attached hydrogens (primary N) is 1. The first-order chi connectivity index (χ1) is 10.2. The molecule has 2 aliphatic carbocycles. The Bertz CT molecular complexity index is 686. The molecule has 0 spiro atoms. The monoisotopic (exact) mass is 299 g/mol. The van der Waals surface area contributed by atoms with Crippen molar-refractivity contribution in [2.24, 2.45) is 17.8 Å². The smallest absolute Gasteiger partial charge is 0.229 e. The number of thiazole rings is 1. The van der Waals surface area contributed by atoms with Gasteiger partial charge >= 0.3 is 0 Å². The Morgan fingerprint density at radius 2 is 2.10 bits per heavy atom. The molecule has 5 heteroatoms. The molecule has 2 aliphatic rings. The van der Waals surface area contributed by atoms with Crippen LogP contribution in [-0.4, -0.2) is 10.9 Å². The van der Waals surface area contributed by atoms with Crippen LogP contribution in [0.2, 0.25) is 0 Å². The topological polar surface area (TPSA) is 68.0 Å². The second-order valence-corrected chi connectivity index (χ2v) is 6.93. The zero-order valence-corrected chi connectivity index (χ0v) is 12.4. The number of carbonyl (C=O) groups excluding carboxylic acids is 1. The lowest BCUT2D eigenvalue weighted by atomic mass is 10.0. The zero-order valence-electron chi connectivity index (χ0n) is 11.6. The van der Waals surface area contributed by atoms with Crippen molar-refractivity contribution in [1.82, 2.24) is 4.98 Å². The van der Waals surface area contributed by atoms with E-state index in [1.165, 1.54) is 17.8 Å². The fraction of sp³-hybridized carbons (Fsp3) is 0.375. The lowest BCUT2D eigenvalue weighted by Crippen LogP contribution is -2.21. The molecule has 2 fully saturated rings. The second-order valence-electron chi connectivity index (χ2n) is 6.08. The van der Waals surface area contributed by atoms with Gasteiger partial charge in [-0.05, 0) is 43.2 Å². The van der Waals surface area contributed by atoms with Gasteiger partial charge in [0.2, 0.25) is 5.91 Å². The molecule has 3 N–H and O–H groups in total. The number of benzene rings is 1. The number of nitrogens with one attached hydrogen (secondary N) is 1. The zero-order chi connectivity index (χ0) is 14.4. The van der Waals surface area contributed by atoms with E-state index in [4.69, 9.17) is 5.73 Å². The van der Waals surface area contributed by atoms with Crippen LogP contribution < -0.4 is 11.1 Å². The van der Waals surface area contributed by atoms with Crippen LogP contribution in [0.1, 0.15) is 19.3 Å². The molecule has 0 bridgehead atoms. The van der Waals surface area contributed by atoms with Crippen molar-refractivity contribution < 1.29 is 4.79 Å². The van der Waals surface area contributed by atoms with Gasteiger partial charge in [0.15, 0.2) is 5.13 Å². The van der Waals surface area contributed by atoms with E-state index < -0.39 is 0 Å². The highest BCUT2D eigenvalue weighted by Gasteiger charge is 2.48. The average molecular weight is 299 g/mol. The summed E-state index contributed by atoms with van der Waals surface area (Å²) in [6.45, 7) is 0. The molecule has 1 aromatic carbocycles. The third-order valence-electron chi connectivity index (χ3n) is 4.53. The molecular formula is C16H17N3OS. The molecule has 2 saturated carbocycles.